The Bertz CT molecular complexity index is 1050. The van der Waals surface area contributed by atoms with Gasteiger partial charge in [-0.25, -0.2) is 4.79 Å². The van der Waals surface area contributed by atoms with Crippen molar-refractivity contribution < 1.29 is 9.59 Å². The van der Waals surface area contributed by atoms with E-state index in [4.69, 9.17) is 5.73 Å². The number of nitrogens with zero attached hydrogens (tertiary/aromatic N) is 3. The van der Waals surface area contributed by atoms with Crippen LogP contribution in [0.25, 0.3) is 0 Å². The second-order valence-electron chi connectivity index (χ2n) is 11.1. The number of rotatable bonds is 7. The van der Waals surface area contributed by atoms with E-state index in [0.29, 0.717) is 18.0 Å². The minimum Gasteiger partial charge on any atom is -0.366 e. The first kappa shape index (κ1) is 23.9. The van der Waals surface area contributed by atoms with Crippen molar-refractivity contribution in [2.24, 2.45) is 11.7 Å². The first-order chi connectivity index (χ1) is 16.8. The molecule has 3 aliphatic rings. The van der Waals surface area contributed by atoms with Crippen LogP contribution in [-0.2, 0) is 12.1 Å². The second-order valence-corrected chi connectivity index (χ2v) is 11.1. The lowest BCUT2D eigenvalue weighted by Gasteiger charge is -2.51. The maximum atomic E-state index is 13.8. The van der Waals surface area contributed by atoms with Crippen molar-refractivity contribution in [3.8, 4) is 0 Å². The van der Waals surface area contributed by atoms with Crippen LogP contribution in [0.5, 0.6) is 0 Å². The van der Waals surface area contributed by atoms with Gasteiger partial charge in [-0.05, 0) is 81.8 Å². The van der Waals surface area contributed by atoms with Crippen LogP contribution in [0.15, 0.2) is 54.6 Å². The Kier molecular flexibility index (Phi) is 6.34. The number of nitrogens with two attached hydrogens (primary N) is 1. The minimum atomic E-state index is -0.426. The first-order valence-corrected chi connectivity index (χ1v) is 13.0. The van der Waals surface area contributed by atoms with Gasteiger partial charge in [0.1, 0.15) is 0 Å². The number of primary amides is 1. The van der Waals surface area contributed by atoms with Crippen LogP contribution in [0.1, 0.15) is 66.4 Å². The fraction of sp³-hybridized carbons (Fsp3) is 0.517. The van der Waals surface area contributed by atoms with E-state index in [0.717, 1.165) is 44.3 Å². The molecule has 1 spiro atoms. The Hall–Kier alpha value is -2.86. The van der Waals surface area contributed by atoms with Crippen LogP contribution in [0.4, 0.5) is 4.79 Å². The monoisotopic (exact) mass is 474 g/mol. The van der Waals surface area contributed by atoms with E-state index < -0.39 is 5.91 Å². The summed E-state index contributed by atoms with van der Waals surface area (Å²) in [6.45, 7) is 2.23. The van der Waals surface area contributed by atoms with Crippen LogP contribution in [0, 0.1) is 5.92 Å². The van der Waals surface area contributed by atoms with Crippen molar-refractivity contribution in [2.45, 2.75) is 62.6 Å². The van der Waals surface area contributed by atoms with E-state index in [1.807, 2.05) is 17.0 Å². The maximum Gasteiger partial charge on any atom is 0.320 e. The smallest absolute Gasteiger partial charge is 0.320 e. The highest BCUT2D eigenvalue weighted by molar-refractivity contribution is 5.92. The molecule has 3 fully saturated rings. The molecular weight excluding hydrogens is 436 g/mol. The molecule has 1 aliphatic heterocycles. The van der Waals surface area contributed by atoms with E-state index in [-0.39, 0.29) is 17.1 Å². The second kappa shape index (κ2) is 9.30. The minimum absolute atomic E-state index is 0.00963. The summed E-state index contributed by atoms with van der Waals surface area (Å²) in [5.41, 5.74) is 8.21. The van der Waals surface area contributed by atoms with Crippen LogP contribution in [0.3, 0.4) is 0 Å². The number of hydrogen-bond donors (Lipinski definition) is 1. The van der Waals surface area contributed by atoms with Gasteiger partial charge >= 0.3 is 6.03 Å². The van der Waals surface area contributed by atoms with Crippen molar-refractivity contribution in [2.75, 3.05) is 27.2 Å². The number of benzene rings is 2. The van der Waals surface area contributed by atoms with Gasteiger partial charge in [-0.3, -0.25) is 9.69 Å². The summed E-state index contributed by atoms with van der Waals surface area (Å²) in [5.74, 6) is 0.213. The lowest BCUT2D eigenvalue weighted by molar-refractivity contribution is 0.0159. The summed E-state index contributed by atoms with van der Waals surface area (Å²) in [5, 5.41) is 0. The number of urea groups is 1. The SMILES string of the molecule is CN(C)[C@]1(c2ccccc2)CC[C@]2(CC1)CN(Cc1ccc(C(N)=O)cc1)C(=O)N2CC1CCC1. The zero-order valence-corrected chi connectivity index (χ0v) is 21.1. The van der Waals surface area contributed by atoms with Gasteiger partial charge in [0.2, 0.25) is 5.91 Å². The lowest BCUT2D eigenvalue weighted by Crippen LogP contribution is -2.56. The molecule has 2 aromatic carbocycles. The highest BCUT2D eigenvalue weighted by Crippen LogP contribution is 2.49. The Morgan fingerprint density at radius 1 is 1.00 bits per heavy atom. The standard InChI is InChI=1S/C29H38N4O2/c1-31(2)29(25-9-4-3-5-10-25)17-15-28(16-18-29)21-32(27(35)33(28)20-22-7-6-8-22)19-23-11-13-24(14-12-23)26(30)34/h3-5,9-14,22H,6-8,15-21H2,1-2H3,(H2,30,34)/t28-,29+. The Labute approximate surface area is 209 Å². The molecule has 6 nitrogen and oxygen atoms in total. The fourth-order valence-corrected chi connectivity index (χ4v) is 6.50. The van der Waals surface area contributed by atoms with Crippen molar-refractivity contribution in [3.63, 3.8) is 0 Å². The van der Waals surface area contributed by atoms with Crippen LogP contribution in [-0.4, -0.2) is 59.4 Å². The molecule has 35 heavy (non-hydrogen) atoms. The summed E-state index contributed by atoms with van der Waals surface area (Å²) in [6, 6.07) is 18.4. The van der Waals surface area contributed by atoms with Gasteiger partial charge in [0.05, 0.1) is 5.54 Å². The zero-order valence-electron chi connectivity index (χ0n) is 21.1. The topological polar surface area (TPSA) is 69.9 Å². The highest BCUT2D eigenvalue weighted by atomic mass is 16.2. The summed E-state index contributed by atoms with van der Waals surface area (Å²) in [6.07, 6.45) is 7.86. The summed E-state index contributed by atoms with van der Waals surface area (Å²) < 4.78 is 0. The normalized spacial score (nSPS) is 27.0. The third-order valence-corrected chi connectivity index (χ3v) is 9.01. The number of amides is 3. The van der Waals surface area contributed by atoms with Gasteiger partial charge in [-0.1, -0.05) is 48.9 Å². The summed E-state index contributed by atoms with van der Waals surface area (Å²) in [4.78, 5) is 31.9. The van der Waals surface area contributed by atoms with E-state index in [1.165, 1.54) is 24.8 Å². The Balaban J connectivity index is 1.38. The molecular formula is C29H38N4O2. The molecule has 2 aromatic rings. The molecule has 0 aromatic heterocycles. The Morgan fingerprint density at radius 3 is 2.20 bits per heavy atom. The molecule has 186 valence electrons. The molecule has 0 bridgehead atoms. The highest BCUT2D eigenvalue weighted by Gasteiger charge is 2.54. The first-order valence-electron chi connectivity index (χ1n) is 13.0. The fourth-order valence-electron chi connectivity index (χ4n) is 6.50. The van der Waals surface area contributed by atoms with E-state index in [9.17, 15) is 9.59 Å². The largest absolute Gasteiger partial charge is 0.366 e. The molecule has 0 radical (unpaired) electrons. The average molecular weight is 475 g/mol. The predicted molar refractivity (Wildman–Crippen MR) is 138 cm³/mol. The summed E-state index contributed by atoms with van der Waals surface area (Å²) in [7, 11) is 4.39. The van der Waals surface area contributed by atoms with E-state index in [1.54, 1.807) is 12.1 Å². The van der Waals surface area contributed by atoms with E-state index >= 15 is 0 Å². The van der Waals surface area contributed by atoms with Crippen LogP contribution < -0.4 is 5.73 Å². The third kappa shape index (κ3) is 4.33. The van der Waals surface area contributed by atoms with Crippen LogP contribution >= 0.6 is 0 Å². The quantitative estimate of drug-likeness (QED) is 0.638. The molecule has 1 saturated heterocycles. The summed E-state index contributed by atoms with van der Waals surface area (Å²) >= 11 is 0. The average Bonchev–Trinajstić information content (AvgIpc) is 3.07. The van der Waals surface area contributed by atoms with Gasteiger partial charge in [-0.2, -0.15) is 0 Å². The number of carbonyl (C=O) groups excluding carboxylic acids is 2. The number of carbonyl (C=O) groups is 2. The number of hydrogen-bond acceptors (Lipinski definition) is 3. The molecule has 2 N–H and O–H groups in total. The van der Waals surface area contributed by atoms with Crippen molar-refractivity contribution >= 4 is 11.9 Å². The molecule has 1 heterocycles. The molecule has 3 amide bonds. The third-order valence-electron chi connectivity index (χ3n) is 9.01. The van der Waals surface area contributed by atoms with Gasteiger partial charge < -0.3 is 15.5 Å². The maximum absolute atomic E-state index is 13.8. The molecule has 2 saturated carbocycles. The van der Waals surface area contributed by atoms with Crippen molar-refractivity contribution in [1.29, 1.82) is 0 Å². The molecule has 0 atom stereocenters. The molecule has 0 unspecified atom stereocenters. The van der Waals surface area contributed by atoms with E-state index in [2.05, 4.69) is 54.2 Å². The van der Waals surface area contributed by atoms with Gasteiger partial charge in [-0.15, -0.1) is 0 Å². The Morgan fingerprint density at radius 2 is 1.66 bits per heavy atom. The van der Waals surface area contributed by atoms with Crippen molar-refractivity contribution in [1.82, 2.24) is 14.7 Å². The molecule has 6 heteroatoms. The van der Waals surface area contributed by atoms with Crippen LogP contribution in [0.2, 0.25) is 0 Å². The zero-order chi connectivity index (χ0) is 24.6. The predicted octanol–water partition coefficient (Wildman–Crippen LogP) is 4.59. The molecule has 5 rings (SSSR count). The lowest BCUT2D eigenvalue weighted by atomic mass is 9.68. The van der Waals surface area contributed by atoms with Gasteiger partial charge in [0.15, 0.2) is 0 Å². The van der Waals surface area contributed by atoms with Gasteiger partial charge in [0, 0.05) is 30.7 Å². The molecule has 2 aliphatic carbocycles. The van der Waals surface area contributed by atoms with Crippen molar-refractivity contribution in [3.05, 3.63) is 71.3 Å². The van der Waals surface area contributed by atoms with Gasteiger partial charge in [0.25, 0.3) is 0 Å².